The van der Waals surface area contributed by atoms with Gasteiger partial charge in [-0.3, -0.25) is 0 Å². The third-order valence-electron chi connectivity index (χ3n) is 3.43. The molecule has 9 heteroatoms. The maximum absolute atomic E-state index is 10.5. The Morgan fingerprint density at radius 1 is 0.808 bits per heavy atom. The molecular formula is C17H17Br3O6. The number of rotatable bonds is 6. The Balaban J connectivity index is 2.68. The fourth-order valence-electron chi connectivity index (χ4n) is 2.24. The SMILES string of the molecule is CCOc1cc(O)c(O)c(Br)c1Oc1c(C)c(OCC)c(Br)c(Br)c1O. The third kappa shape index (κ3) is 3.84. The molecule has 0 unspecified atom stereocenters. The van der Waals surface area contributed by atoms with Crippen LogP contribution in [0.5, 0.6) is 40.2 Å². The first-order chi connectivity index (χ1) is 12.2. The molecule has 3 N–H and O–H groups in total. The van der Waals surface area contributed by atoms with Crippen LogP contribution in [0.25, 0.3) is 0 Å². The van der Waals surface area contributed by atoms with E-state index in [1.54, 1.807) is 13.8 Å². The third-order valence-corrected chi connectivity index (χ3v) is 6.23. The second-order valence-electron chi connectivity index (χ2n) is 5.11. The zero-order valence-electron chi connectivity index (χ0n) is 14.2. The van der Waals surface area contributed by atoms with E-state index < -0.39 is 5.75 Å². The van der Waals surface area contributed by atoms with Crippen molar-refractivity contribution in [1.82, 2.24) is 0 Å². The molecule has 2 aromatic rings. The fraction of sp³-hybridized carbons (Fsp3) is 0.294. The monoisotopic (exact) mass is 554 g/mol. The van der Waals surface area contributed by atoms with Gasteiger partial charge in [-0.25, -0.2) is 0 Å². The van der Waals surface area contributed by atoms with Gasteiger partial charge in [-0.1, -0.05) is 0 Å². The summed E-state index contributed by atoms with van der Waals surface area (Å²) in [4.78, 5) is 0. The molecule has 0 fully saturated rings. The fourth-order valence-corrected chi connectivity index (χ4v) is 3.67. The standard InChI is InChI=1S/C17H17Br3O6/c1-4-24-9-6-8(21)13(22)12(20)17(9)26-16-7(3)15(25-5-2)11(19)10(18)14(16)23/h6,21-23H,4-5H2,1-3H3. The van der Waals surface area contributed by atoms with Crippen LogP contribution in [0, 0.1) is 6.92 Å². The Hall–Kier alpha value is -1.32. The van der Waals surface area contributed by atoms with Crippen molar-refractivity contribution in [3.05, 3.63) is 25.0 Å². The number of phenols is 3. The van der Waals surface area contributed by atoms with Gasteiger partial charge in [-0.2, -0.15) is 0 Å². The van der Waals surface area contributed by atoms with E-state index in [0.29, 0.717) is 33.5 Å². The minimum absolute atomic E-state index is 0.0942. The summed E-state index contributed by atoms with van der Waals surface area (Å²) in [5, 5.41) is 30.3. The average molecular weight is 557 g/mol. The summed E-state index contributed by atoms with van der Waals surface area (Å²) >= 11 is 9.88. The Kier molecular flexibility index (Phi) is 6.92. The number of ether oxygens (including phenoxy) is 3. The molecule has 6 nitrogen and oxygen atoms in total. The molecule has 0 bridgehead atoms. The zero-order valence-corrected chi connectivity index (χ0v) is 18.9. The van der Waals surface area contributed by atoms with Gasteiger partial charge < -0.3 is 29.5 Å². The largest absolute Gasteiger partial charge is 0.504 e. The first kappa shape index (κ1) is 21.0. The Bertz CT molecular complexity index is 838. The minimum Gasteiger partial charge on any atom is -0.504 e. The first-order valence-electron chi connectivity index (χ1n) is 7.62. The highest BCUT2D eigenvalue weighted by molar-refractivity contribution is 9.13. The van der Waals surface area contributed by atoms with Crippen molar-refractivity contribution in [3.63, 3.8) is 0 Å². The molecule has 0 aliphatic carbocycles. The van der Waals surface area contributed by atoms with Crippen molar-refractivity contribution in [3.8, 4) is 40.2 Å². The molecule has 0 amide bonds. The highest BCUT2D eigenvalue weighted by atomic mass is 79.9. The van der Waals surface area contributed by atoms with Crippen LogP contribution in [0.4, 0.5) is 0 Å². The molecule has 0 spiro atoms. The maximum atomic E-state index is 10.5. The van der Waals surface area contributed by atoms with Gasteiger partial charge in [0.25, 0.3) is 0 Å². The molecule has 26 heavy (non-hydrogen) atoms. The zero-order chi connectivity index (χ0) is 19.6. The van der Waals surface area contributed by atoms with Crippen molar-refractivity contribution < 1.29 is 29.5 Å². The molecule has 0 atom stereocenters. The van der Waals surface area contributed by atoms with E-state index in [0.717, 1.165) is 0 Å². The van der Waals surface area contributed by atoms with Crippen LogP contribution in [0.3, 0.4) is 0 Å². The van der Waals surface area contributed by atoms with Crippen LogP contribution in [-0.4, -0.2) is 28.5 Å². The second-order valence-corrected chi connectivity index (χ2v) is 7.49. The van der Waals surface area contributed by atoms with Gasteiger partial charge >= 0.3 is 0 Å². The van der Waals surface area contributed by atoms with Crippen molar-refractivity contribution in [2.24, 2.45) is 0 Å². The number of phenolic OH excluding ortho intramolecular Hbond substituents is 3. The first-order valence-corrected chi connectivity index (χ1v) is 10.0. The normalized spacial score (nSPS) is 10.7. The predicted molar refractivity (Wildman–Crippen MR) is 108 cm³/mol. The van der Waals surface area contributed by atoms with Crippen molar-refractivity contribution in [1.29, 1.82) is 0 Å². The lowest BCUT2D eigenvalue weighted by Gasteiger charge is -2.20. The van der Waals surface area contributed by atoms with E-state index in [1.165, 1.54) is 6.07 Å². The molecule has 2 rings (SSSR count). The summed E-state index contributed by atoms with van der Waals surface area (Å²) < 4.78 is 18.0. The van der Waals surface area contributed by atoms with Gasteiger partial charge in [0.15, 0.2) is 34.5 Å². The lowest BCUT2D eigenvalue weighted by molar-refractivity contribution is 0.306. The highest BCUT2D eigenvalue weighted by Gasteiger charge is 2.25. The molecule has 0 saturated carbocycles. The summed E-state index contributed by atoms with van der Waals surface area (Å²) in [5.41, 5.74) is 0.543. The summed E-state index contributed by atoms with van der Waals surface area (Å²) in [7, 11) is 0. The topological polar surface area (TPSA) is 88.4 Å². The molecule has 0 aromatic heterocycles. The average Bonchev–Trinajstić information content (AvgIpc) is 2.61. The predicted octanol–water partition coefficient (Wildman–Crippen LogP) is 5.99. The lowest BCUT2D eigenvalue weighted by atomic mass is 10.2. The van der Waals surface area contributed by atoms with Crippen molar-refractivity contribution in [2.45, 2.75) is 20.8 Å². The molecule has 0 saturated heterocycles. The summed E-state index contributed by atoms with van der Waals surface area (Å²) in [6.45, 7) is 6.07. The number of hydrogen-bond acceptors (Lipinski definition) is 6. The van der Waals surface area contributed by atoms with E-state index in [1.807, 2.05) is 6.92 Å². The Labute approximate surface area is 176 Å². The number of hydrogen-bond donors (Lipinski definition) is 3. The van der Waals surface area contributed by atoms with Gasteiger partial charge in [0, 0.05) is 11.6 Å². The van der Waals surface area contributed by atoms with Crippen LogP contribution in [0.2, 0.25) is 0 Å². The number of benzene rings is 2. The second kappa shape index (κ2) is 8.58. The molecule has 0 heterocycles. The van der Waals surface area contributed by atoms with Gasteiger partial charge in [0.1, 0.15) is 10.2 Å². The Morgan fingerprint density at radius 3 is 2.00 bits per heavy atom. The lowest BCUT2D eigenvalue weighted by Crippen LogP contribution is -2.01. The van der Waals surface area contributed by atoms with Gasteiger partial charge in [-0.15, -0.1) is 0 Å². The van der Waals surface area contributed by atoms with E-state index >= 15 is 0 Å². The van der Waals surface area contributed by atoms with Crippen molar-refractivity contribution >= 4 is 47.8 Å². The molecule has 0 aliphatic rings. The maximum Gasteiger partial charge on any atom is 0.187 e. The van der Waals surface area contributed by atoms with E-state index in [2.05, 4.69) is 47.8 Å². The minimum atomic E-state index is -0.401. The molecule has 0 radical (unpaired) electrons. The highest BCUT2D eigenvalue weighted by Crippen LogP contribution is 2.54. The molecular weight excluding hydrogens is 540 g/mol. The summed E-state index contributed by atoms with van der Waals surface area (Å²) in [5.74, 6) is 0.0179. The smallest absolute Gasteiger partial charge is 0.187 e. The number of aromatic hydroxyl groups is 3. The van der Waals surface area contributed by atoms with Crippen LogP contribution >= 0.6 is 47.8 Å². The van der Waals surface area contributed by atoms with E-state index in [4.69, 9.17) is 14.2 Å². The van der Waals surface area contributed by atoms with Crippen LogP contribution in [-0.2, 0) is 0 Å². The van der Waals surface area contributed by atoms with Crippen LogP contribution < -0.4 is 14.2 Å². The molecule has 142 valence electrons. The van der Waals surface area contributed by atoms with E-state index in [9.17, 15) is 15.3 Å². The summed E-state index contributed by atoms with van der Waals surface area (Å²) in [6.07, 6.45) is 0. The summed E-state index contributed by atoms with van der Waals surface area (Å²) in [6, 6.07) is 1.24. The quantitative estimate of drug-likeness (QED) is 0.379. The number of halogens is 3. The van der Waals surface area contributed by atoms with Gasteiger partial charge in [0.2, 0.25) is 0 Å². The van der Waals surface area contributed by atoms with Gasteiger partial charge in [-0.05, 0) is 68.6 Å². The van der Waals surface area contributed by atoms with Crippen molar-refractivity contribution in [2.75, 3.05) is 13.2 Å². The van der Waals surface area contributed by atoms with Crippen LogP contribution in [0.1, 0.15) is 19.4 Å². The molecule has 0 aliphatic heterocycles. The van der Waals surface area contributed by atoms with E-state index in [-0.39, 0.29) is 33.2 Å². The van der Waals surface area contributed by atoms with Gasteiger partial charge in [0.05, 0.1) is 22.2 Å². The van der Waals surface area contributed by atoms with Crippen LogP contribution in [0.15, 0.2) is 19.5 Å². The molecule has 2 aromatic carbocycles. The Morgan fingerprint density at radius 2 is 1.42 bits per heavy atom.